The van der Waals surface area contributed by atoms with E-state index in [0.29, 0.717) is 0 Å². The normalized spacial score (nSPS) is 11.0. The summed E-state index contributed by atoms with van der Waals surface area (Å²) in [5.41, 5.74) is 3.64. The molecule has 0 fully saturated rings. The molecule has 0 saturated heterocycles. The average Bonchev–Trinajstić information content (AvgIpc) is 3.06. The van der Waals surface area contributed by atoms with Crippen LogP contribution in [-0.2, 0) is 6.61 Å². The fourth-order valence-electron chi connectivity index (χ4n) is 2.82. The summed E-state index contributed by atoms with van der Waals surface area (Å²) in [5, 5.41) is 16.8. The molecule has 0 bridgehead atoms. The van der Waals surface area contributed by atoms with E-state index in [2.05, 4.69) is 35.4 Å². The summed E-state index contributed by atoms with van der Waals surface area (Å²) in [6.07, 6.45) is 1.89. The van der Waals surface area contributed by atoms with Gasteiger partial charge in [-0.05, 0) is 29.0 Å². The van der Waals surface area contributed by atoms with Crippen LogP contribution in [0.4, 0.5) is 0 Å². The minimum absolute atomic E-state index is 0.0327. The third-order valence-electron chi connectivity index (χ3n) is 4.00. The van der Waals surface area contributed by atoms with Crippen molar-refractivity contribution in [3.05, 3.63) is 84.6 Å². The molecule has 0 spiro atoms. The first-order valence-electron chi connectivity index (χ1n) is 7.59. The van der Waals surface area contributed by atoms with Crippen molar-refractivity contribution < 1.29 is 5.11 Å². The molecule has 1 heterocycles. The topological polar surface area (TPSA) is 38.0 Å². The highest BCUT2D eigenvalue weighted by Gasteiger charge is 2.12. The molecule has 0 radical (unpaired) electrons. The second-order valence-corrected chi connectivity index (χ2v) is 5.50. The molecule has 3 aromatic carbocycles. The fraction of sp³-hybridized carbons (Fsp3) is 0.0500. The molecule has 0 saturated carbocycles. The highest BCUT2D eigenvalue weighted by molar-refractivity contribution is 5.87. The van der Waals surface area contributed by atoms with Crippen LogP contribution in [0.5, 0.6) is 0 Å². The smallest absolute Gasteiger partial charge is 0.0982 e. The summed E-state index contributed by atoms with van der Waals surface area (Å²) in [7, 11) is 0. The SMILES string of the molecule is OCc1cn(-c2ccccc2)nc1-c1ccc2ccccc2c1. The van der Waals surface area contributed by atoms with E-state index in [1.165, 1.54) is 10.8 Å². The van der Waals surface area contributed by atoms with Crippen molar-refractivity contribution in [1.82, 2.24) is 9.78 Å². The van der Waals surface area contributed by atoms with Gasteiger partial charge < -0.3 is 5.11 Å². The summed E-state index contributed by atoms with van der Waals surface area (Å²) in [5.74, 6) is 0. The van der Waals surface area contributed by atoms with E-state index in [1.54, 1.807) is 0 Å². The zero-order valence-electron chi connectivity index (χ0n) is 12.6. The predicted octanol–water partition coefficient (Wildman–Crippen LogP) is 4.18. The number of aliphatic hydroxyl groups excluding tert-OH is 1. The van der Waals surface area contributed by atoms with E-state index in [1.807, 2.05) is 53.3 Å². The van der Waals surface area contributed by atoms with Crippen molar-refractivity contribution in [3.8, 4) is 16.9 Å². The van der Waals surface area contributed by atoms with Crippen LogP contribution in [0.15, 0.2) is 79.0 Å². The number of nitrogens with zero attached hydrogens (tertiary/aromatic N) is 2. The van der Waals surface area contributed by atoms with Gasteiger partial charge in [0.25, 0.3) is 0 Å². The van der Waals surface area contributed by atoms with E-state index in [-0.39, 0.29) is 6.61 Å². The number of hydrogen-bond acceptors (Lipinski definition) is 2. The highest BCUT2D eigenvalue weighted by Crippen LogP contribution is 2.27. The molecular weight excluding hydrogens is 284 g/mol. The Bertz CT molecular complexity index is 958. The Morgan fingerprint density at radius 1 is 0.826 bits per heavy atom. The lowest BCUT2D eigenvalue weighted by molar-refractivity contribution is 0.282. The van der Waals surface area contributed by atoms with Crippen molar-refractivity contribution in [2.75, 3.05) is 0 Å². The molecule has 3 heteroatoms. The Morgan fingerprint density at radius 2 is 1.57 bits per heavy atom. The summed E-state index contributed by atoms with van der Waals surface area (Å²) in [4.78, 5) is 0. The maximum absolute atomic E-state index is 9.70. The Morgan fingerprint density at radius 3 is 2.35 bits per heavy atom. The van der Waals surface area contributed by atoms with Crippen LogP contribution in [0.3, 0.4) is 0 Å². The minimum atomic E-state index is -0.0327. The fourth-order valence-corrected chi connectivity index (χ4v) is 2.82. The lowest BCUT2D eigenvalue weighted by Gasteiger charge is -2.03. The summed E-state index contributed by atoms with van der Waals surface area (Å²) in [6, 6.07) is 24.4. The Hall–Kier alpha value is -2.91. The van der Waals surface area contributed by atoms with Crippen LogP contribution < -0.4 is 0 Å². The molecule has 112 valence electrons. The molecule has 0 atom stereocenters. The van der Waals surface area contributed by atoms with Gasteiger partial charge in [0, 0.05) is 17.3 Å². The number of aliphatic hydroxyl groups is 1. The second kappa shape index (κ2) is 5.71. The highest BCUT2D eigenvalue weighted by atomic mass is 16.3. The van der Waals surface area contributed by atoms with Gasteiger partial charge in [0.1, 0.15) is 0 Å². The van der Waals surface area contributed by atoms with Crippen molar-refractivity contribution in [1.29, 1.82) is 0 Å². The molecule has 3 nitrogen and oxygen atoms in total. The van der Waals surface area contributed by atoms with Gasteiger partial charge in [0.15, 0.2) is 0 Å². The van der Waals surface area contributed by atoms with Gasteiger partial charge in [-0.1, -0.05) is 54.6 Å². The zero-order valence-corrected chi connectivity index (χ0v) is 12.6. The largest absolute Gasteiger partial charge is 0.392 e. The Kier molecular flexibility index (Phi) is 3.41. The predicted molar refractivity (Wildman–Crippen MR) is 92.4 cm³/mol. The van der Waals surface area contributed by atoms with E-state index < -0.39 is 0 Å². The standard InChI is InChI=1S/C20H16N2O/c23-14-18-13-22(19-8-2-1-3-9-19)21-20(18)17-11-10-15-6-4-5-7-16(15)12-17/h1-13,23H,14H2. The first-order chi connectivity index (χ1) is 11.3. The van der Waals surface area contributed by atoms with Gasteiger partial charge >= 0.3 is 0 Å². The molecule has 0 aliphatic carbocycles. The van der Waals surface area contributed by atoms with Crippen molar-refractivity contribution in [2.45, 2.75) is 6.61 Å². The van der Waals surface area contributed by atoms with Crippen LogP contribution >= 0.6 is 0 Å². The number of rotatable bonds is 3. The first kappa shape index (κ1) is 13.7. The number of benzene rings is 3. The van der Waals surface area contributed by atoms with Gasteiger partial charge in [-0.3, -0.25) is 0 Å². The van der Waals surface area contributed by atoms with Crippen molar-refractivity contribution in [3.63, 3.8) is 0 Å². The molecule has 4 rings (SSSR count). The maximum Gasteiger partial charge on any atom is 0.0982 e. The third-order valence-corrected chi connectivity index (χ3v) is 4.00. The number of hydrogen-bond donors (Lipinski definition) is 1. The lowest BCUT2D eigenvalue weighted by atomic mass is 10.0. The van der Waals surface area contributed by atoms with Crippen molar-refractivity contribution in [2.24, 2.45) is 0 Å². The number of aromatic nitrogens is 2. The summed E-state index contributed by atoms with van der Waals surface area (Å²) in [6.45, 7) is -0.0327. The molecule has 23 heavy (non-hydrogen) atoms. The monoisotopic (exact) mass is 300 g/mol. The number of fused-ring (bicyclic) bond motifs is 1. The summed E-state index contributed by atoms with van der Waals surface area (Å²) >= 11 is 0. The van der Waals surface area contributed by atoms with E-state index in [4.69, 9.17) is 0 Å². The Balaban J connectivity index is 1.85. The average molecular weight is 300 g/mol. The Labute approximate surface area is 134 Å². The molecule has 0 unspecified atom stereocenters. The minimum Gasteiger partial charge on any atom is -0.392 e. The van der Waals surface area contributed by atoms with Crippen molar-refractivity contribution >= 4 is 10.8 Å². The summed E-state index contributed by atoms with van der Waals surface area (Å²) < 4.78 is 1.82. The molecule has 1 N–H and O–H groups in total. The van der Waals surface area contributed by atoms with Crippen LogP contribution in [0.25, 0.3) is 27.7 Å². The van der Waals surface area contributed by atoms with Gasteiger partial charge in [0.05, 0.1) is 18.0 Å². The third kappa shape index (κ3) is 2.51. The maximum atomic E-state index is 9.70. The number of para-hydroxylation sites is 1. The van der Waals surface area contributed by atoms with Crippen LogP contribution in [-0.4, -0.2) is 14.9 Å². The first-order valence-corrected chi connectivity index (χ1v) is 7.59. The lowest BCUT2D eigenvalue weighted by Crippen LogP contribution is -1.94. The van der Waals surface area contributed by atoms with E-state index in [9.17, 15) is 5.11 Å². The second-order valence-electron chi connectivity index (χ2n) is 5.50. The van der Waals surface area contributed by atoms with E-state index in [0.717, 1.165) is 22.5 Å². The molecule has 0 aliphatic heterocycles. The van der Waals surface area contributed by atoms with Gasteiger partial charge in [-0.25, -0.2) is 4.68 Å². The molecule has 0 aliphatic rings. The van der Waals surface area contributed by atoms with Crippen LogP contribution in [0, 0.1) is 0 Å². The van der Waals surface area contributed by atoms with Crippen LogP contribution in [0.1, 0.15) is 5.56 Å². The van der Waals surface area contributed by atoms with Crippen LogP contribution in [0.2, 0.25) is 0 Å². The zero-order chi connectivity index (χ0) is 15.6. The molecule has 4 aromatic rings. The van der Waals surface area contributed by atoms with E-state index >= 15 is 0 Å². The molecular formula is C20H16N2O. The van der Waals surface area contributed by atoms with Gasteiger partial charge in [0.2, 0.25) is 0 Å². The molecule has 0 amide bonds. The molecule has 1 aromatic heterocycles. The quantitative estimate of drug-likeness (QED) is 0.616. The van der Waals surface area contributed by atoms with Gasteiger partial charge in [-0.2, -0.15) is 5.10 Å². The van der Waals surface area contributed by atoms with Gasteiger partial charge in [-0.15, -0.1) is 0 Å².